The Bertz CT molecular complexity index is 622. The molecule has 2 aromatic rings. The Morgan fingerprint density at radius 3 is 2.81 bits per heavy atom. The molecular weight excluding hydrogens is 284 g/mol. The molecule has 0 amide bonds. The van der Waals surface area contributed by atoms with Crippen molar-refractivity contribution in [2.24, 2.45) is 0 Å². The van der Waals surface area contributed by atoms with Gasteiger partial charge < -0.3 is 5.73 Å². The van der Waals surface area contributed by atoms with Crippen LogP contribution in [0.25, 0.3) is 0 Å². The van der Waals surface area contributed by atoms with E-state index in [0.717, 1.165) is 17.7 Å². The molecule has 5 heteroatoms. The summed E-state index contributed by atoms with van der Waals surface area (Å²) in [6.45, 7) is 2.10. The van der Waals surface area contributed by atoms with E-state index in [0.29, 0.717) is 30.2 Å². The van der Waals surface area contributed by atoms with Gasteiger partial charge in [0.2, 0.25) is 0 Å². The summed E-state index contributed by atoms with van der Waals surface area (Å²) in [7, 11) is 0. The number of hydrogen-bond acceptors (Lipinski definition) is 4. The van der Waals surface area contributed by atoms with Crippen molar-refractivity contribution in [2.45, 2.75) is 19.5 Å². The molecule has 0 aliphatic rings. The van der Waals surface area contributed by atoms with Gasteiger partial charge in [0.15, 0.2) is 0 Å². The van der Waals surface area contributed by atoms with Crippen molar-refractivity contribution in [2.75, 3.05) is 12.3 Å². The highest BCUT2D eigenvalue weighted by molar-refractivity contribution is 6.31. The number of anilines is 1. The molecule has 0 unspecified atom stereocenters. The van der Waals surface area contributed by atoms with Crippen molar-refractivity contribution in [3.8, 4) is 6.07 Å². The van der Waals surface area contributed by atoms with Gasteiger partial charge in [0.05, 0.1) is 6.07 Å². The van der Waals surface area contributed by atoms with Crippen LogP contribution in [0.3, 0.4) is 0 Å². The molecule has 0 saturated heterocycles. The first kappa shape index (κ1) is 15.3. The zero-order chi connectivity index (χ0) is 15.1. The Balaban J connectivity index is 2.10. The minimum absolute atomic E-state index is 0.479. The standard InChI is InChI=1S/C16H17ClN4/c17-16-9-15(19)5-4-14(16)12-21(8-2-6-18)11-13-3-1-7-20-10-13/h1,3-5,7,9-10H,2,8,11-12,19H2. The largest absolute Gasteiger partial charge is 0.399 e. The van der Waals surface area contributed by atoms with Crippen LogP contribution in [0, 0.1) is 11.3 Å². The van der Waals surface area contributed by atoms with E-state index in [9.17, 15) is 0 Å². The van der Waals surface area contributed by atoms with Gasteiger partial charge in [0.1, 0.15) is 0 Å². The monoisotopic (exact) mass is 300 g/mol. The molecule has 1 heterocycles. The maximum Gasteiger partial charge on any atom is 0.0635 e. The second-order valence-electron chi connectivity index (χ2n) is 4.83. The third-order valence-electron chi connectivity index (χ3n) is 3.14. The number of hydrogen-bond donors (Lipinski definition) is 1. The lowest BCUT2D eigenvalue weighted by molar-refractivity contribution is 0.262. The van der Waals surface area contributed by atoms with Gasteiger partial charge in [0, 0.05) is 49.2 Å². The van der Waals surface area contributed by atoms with Crippen molar-refractivity contribution in [1.82, 2.24) is 9.88 Å². The maximum atomic E-state index is 8.81. The van der Waals surface area contributed by atoms with E-state index in [1.807, 2.05) is 30.5 Å². The average Bonchev–Trinajstić information content (AvgIpc) is 2.48. The highest BCUT2D eigenvalue weighted by Crippen LogP contribution is 2.21. The van der Waals surface area contributed by atoms with Gasteiger partial charge in [-0.3, -0.25) is 9.88 Å². The molecule has 1 aromatic heterocycles. The summed E-state index contributed by atoms with van der Waals surface area (Å²) in [5.74, 6) is 0. The summed E-state index contributed by atoms with van der Waals surface area (Å²) in [6.07, 6.45) is 4.07. The SMILES string of the molecule is N#CCCN(Cc1cccnc1)Cc1ccc(N)cc1Cl. The average molecular weight is 301 g/mol. The summed E-state index contributed by atoms with van der Waals surface area (Å²) in [5, 5.41) is 9.46. The fourth-order valence-corrected chi connectivity index (χ4v) is 2.35. The molecule has 21 heavy (non-hydrogen) atoms. The fourth-order valence-electron chi connectivity index (χ4n) is 2.10. The molecule has 0 atom stereocenters. The molecule has 0 fully saturated rings. The molecule has 0 spiro atoms. The summed E-state index contributed by atoms with van der Waals surface area (Å²) in [6, 6.07) is 11.6. The van der Waals surface area contributed by atoms with Gasteiger partial charge in [-0.25, -0.2) is 0 Å². The van der Waals surface area contributed by atoms with Gasteiger partial charge >= 0.3 is 0 Å². The van der Waals surface area contributed by atoms with Crippen LogP contribution in [0.2, 0.25) is 5.02 Å². The molecule has 0 aliphatic carbocycles. The van der Waals surface area contributed by atoms with E-state index >= 15 is 0 Å². The molecule has 4 nitrogen and oxygen atoms in total. The number of benzene rings is 1. The Kier molecular flexibility index (Phi) is 5.56. The number of nitrogen functional groups attached to an aromatic ring is 1. The van der Waals surface area contributed by atoms with Gasteiger partial charge in [-0.2, -0.15) is 5.26 Å². The first-order chi connectivity index (χ1) is 10.2. The van der Waals surface area contributed by atoms with Gasteiger partial charge in [-0.1, -0.05) is 23.7 Å². The van der Waals surface area contributed by atoms with Gasteiger partial charge in [-0.15, -0.1) is 0 Å². The minimum atomic E-state index is 0.479. The topological polar surface area (TPSA) is 65.9 Å². The molecule has 1 aromatic carbocycles. The molecule has 2 N–H and O–H groups in total. The number of halogens is 1. The second kappa shape index (κ2) is 7.63. The summed E-state index contributed by atoms with van der Waals surface area (Å²) < 4.78 is 0. The summed E-state index contributed by atoms with van der Waals surface area (Å²) in [4.78, 5) is 6.30. The number of pyridine rings is 1. The predicted octanol–water partition coefficient (Wildman–Crippen LogP) is 3.23. The quantitative estimate of drug-likeness (QED) is 0.832. The molecule has 0 bridgehead atoms. The van der Waals surface area contributed by atoms with Crippen molar-refractivity contribution in [3.63, 3.8) is 0 Å². The lowest BCUT2D eigenvalue weighted by Gasteiger charge is -2.22. The number of aromatic nitrogens is 1. The van der Waals surface area contributed by atoms with E-state index in [-0.39, 0.29) is 0 Å². The number of nitrogens with zero attached hydrogens (tertiary/aromatic N) is 3. The van der Waals surface area contributed by atoms with Crippen LogP contribution in [-0.2, 0) is 13.1 Å². The highest BCUT2D eigenvalue weighted by Gasteiger charge is 2.10. The maximum absolute atomic E-state index is 8.81. The molecule has 0 radical (unpaired) electrons. The Hall–Kier alpha value is -2.09. The minimum Gasteiger partial charge on any atom is -0.399 e. The summed E-state index contributed by atoms with van der Waals surface area (Å²) >= 11 is 6.23. The summed E-state index contributed by atoms with van der Waals surface area (Å²) in [5.41, 5.74) is 8.49. The smallest absolute Gasteiger partial charge is 0.0635 e. The Morgan fingerprint density at radius 2 is 2.14 bits per heavy atom. The zero-order valence-corrected chi connectivity index (χ0v) is 12.4. The second-order valence-corrected chi connectivity index (χ2v) is 5.24. The first-order valence-electron chi connectivity index (χ1n) is 6.71. The van der Waals surface area contributed by atoms with Crippen LogP contribution in [0.15, 0.2) is 42.7 Å². The van der Waals surface area contributed by atoms with Crippen LogP contribution in [0.5, 0.6) is 0 Å². The van der Waals surface area contributed by atoms with E-state index in [1.165, 1.54) is 0 Å². The van der Waals surface area contributed by atoms with E-state index in [1.54, 1.807) is 12.3 Å². The molecule has 2 rings (SSSR count). The normalized spacial score (nSPS) is 10.5. The van der Waals surface area contributed by atoms with Crippen LogP contribution in [-0.4, -0.2) is 16.4 Å². The molecule has 0 saturated carbocycles. The van der Waals surface area contributed by atoms with Gasteiger partial charge in [-0.05, 0) is 29.3 Å². The molecule has 108 valence electrons. The first-order valence-corrected chi connectivity index (χ1v) is 7.09. The lowest BCUT2D eigenvalue weighted by Crippen LogP contribution is -2.24. The van der Waals surface area contributed by atoms with Crippen LogP contribution >= 0.6 is 11.6 Å². The number of nitriles is 1. The third-order valence-corrected chi connectivity index (χ3v) is 3.49. The highest BCUT2D eigenvalue weighted by atomic mass is 35.5. The Labute approximate surface area is 129 Å². The molecule has 0 aliphatic heterocycles. The van der Waals surface area contributed by atoms with Crippen molar-refractivity contribution >= 4 is 17.3 Å². The Morgan fingerprint density at radius 1 is 1.29 bits per heavy atom. The van der Waals surface area contributed by atoms with Crippen LogP contribution in [0.1, 0.15) is 17.5 Å². The molecular formula is C16H17ClN4. The van der Waals surface area contributed by atoms with Crippen molar-refractivity contribution < 1.29 is 0 Å². The van der Waals surface area contributed by atoms with Crippen molar-refractivity contribution in [3.05, 3.63) is 58.9 Å². The van der Waals surface area contributed by atoms with E-state index < -0.39 is 0 Å². The zero-order valence-electron chi connectivity index (χ0n) is 11.7. The van der Waals surface area contributed by atoms with Crippen molar-refractivity contribution in [1.29, 1.82) is 5.26 Å². The third kappa shape index (κ3) is 4.75. The predicted molar refractivity (Wildman–Crippen MR) is 84.4 cm³/mol. The van der Waals surface area contributed by atoms with Crippen LogP contribution < -0.4 is 5.73 Å². The fraction of sp³-hybridized carbons (Fsp3) is 0.250. The van der Waals surface area contributed by atoms with Crippen LogP contribution in [0.4, 0.5) is 5.69 Å². The number of rotatable bonds is 6. The van der Waals surface area contributed by atoms with E-state index in [2.05, 4.69) is 16.0 Å². The lowest BCUT2D eigenvalue weighted by atomic mass is 10.1. The van der Waals surface area contributed by atoms with E-state index in [4.69, 9.17) is 22.6 Å². The van der Waals surface area contributed by atoms with Gasteiger partial charge in [0.25, 0.3) is 0 Å². The number of nitrogens with two attached hydrogens (primary N) is 1.